The van der Waals surface area contributed by atoms with Crippen LogP contribution in [0, 0.1) is 22.7 Å². The number of aliphatic carboxylic acids is 1. The Kier molecular flexibility index (Phi) is 4.47. The van der Waals surface area contributed by atoms with E-state index in [1.807, 2.05) is 41.5 Å². The second kappa shape index (κ2) is 5.35. The van der Waals surface area contributed by atoms with Gasteiger partial charge in [-0.05, 0) is 16.7 Å². The number of amides is 1. The number of hydrogen-bond donors (Lipinski definition) is 2. The van der Waals surface area contributed by atoms with Gasteiger partial charge in [0.2, 0.25) is 0 Å². The third-order valence-corrected chi connectivity index (χ3v) is 4.43. The molecule has 4 unspecified atom stereocenters. The fourth-order valence-corrected chi connectivity index (χ4v) is 3.78. The zero-order valence-electron chi connectivity index (χ0n) is 13.8. The molecule has 0 radical (unpaired) electrons. The number of carboxylic acid groups (broad SMARTS) is 2. The molecule has 0 spiro atoms. The Morgan fingerprint density at radius 1 is 1.00 bits per heavy atom. The third-order valence-electron chi connectivity index (χ3n) is 4.43. The van der Waals surface area contributed by atoms with Crippen molar-refractivity contribution in [1.29, 1.82) is 0 Å². The van der Waals surface area contributed by atoms with Gasteiger partial charge in [-0.1, -0.05) is 47.6 Å². The van der Waals surface area contributed by atoms with Gasteiger partial charge in [-0.2, -0.15) is 0 Å². The van der Waals surface area contributed by atoms with Gasteiger partial charge in [-0.3, -0.25) is 4.90 Å². The van der Waals surface area contributed by atoms with Crippen molar-refractivity contribution >= 4 is 12.1 Å². The molecule has 0 aromatic carbocycles. The second-order valence-corrected chi connectivity index (χ2v) is 7.98. The van der Waals surface area contributed by atoms with Gasteiger partial charge in [0.1, 0.15) is 6.04 Å². The number of carbonyl (C=O) groups is 2. The molecule has 1 fully saturated rings. The number of rotatable bonds is 2. The molecule has 120 valence electrons. The van der Waals surface area contributed by atoms with E-state index in [2.05, 4.69) is 6.58 Å². The number of nitrogens with zero attached hydrogens (tertiary/aromatic N) is 1. The summed E-state index contributed by atoms with van der Waals surface area (Å²) in [4.78, 5) is 24.5. The van der Waals surface area contributed by atoms with Gasteiger partial charge >= 0.3 is 12.1 Å². The Morgan fingerprint density at radius 2 is 1.43 bits per heavy atom. The quantitative estimate of drug-likeness (QED) is 0.766. The molecule has 0 aromatic rings. The summed E-state index contributed by atoms with van der Waals surface area (Å²) in [6, 6.07) is -1.54. The van der Waals surface area contributed by atoms with E-state index < -0.39 is 24.1 Å². The highest BCUT2D eigenvalue weighted by Crippen LogP contribution is 2.52. The molecule has 1 rings (SSSR count). The molecular formula is C16H27NO4. The summed E-state index contributed by atoms with van der Waals surface area (Å²) < 4.78 is 0. The van der Waals surface area contributed by atoms with Crippen LogP contribution in [-0.2, 0) is 4.79 Å². The van der Waals surface area contributed by atoms with E-state index in [4.69, 9.17) is 0 Å². The number of hydrogen-bond acceptors (Lipinski definition) is 2. The molecular weight excluding hydrogens is 270 g/mol. The summed E-state index contributed by atoms with van der Waals surface area (Å²) in [6.45, 7) is 15.7. The number of carboxylic acids is 1. The molecule has 1 heterocycles. The second-order valence-electron chi connectivity index (χ2n) is 7.98. The van der Waals surface area contributed by atoms with Gasteiger partial charge in [0, 0.05) is 5.92 Å². The van der Waals surface area contributed by atoms with Crippen LogP contribution in [0.3, 0.4) is 0 Å². The summed E-state index contributed by atoms with van der Waals surface area (Å²) >= 11 is 0. The predicted molar refractivity (Wildman–Crippen MR) is 81.2 cm³/mol. The lowest BCUT2D eigenvalue weighted by atomic mass is 9.62. The lowest BCUT2D eigenvalue weighted by Crippen LogP contribution is -2.47. The maximum absolute atomic E-state index is 11.8. The van der Waals surface area contributed by atoms with Crippen LogP contribution >= 0.6 is 0 Å². The maximum atomic E-state index is 11.8. The molecule has 1 amide bonds. The van der Waals surface area contributed by atoms with Crippen LogP contribution in [0.15, 0.2) is 12.7 Å². The molecule has 1 aliphatic heterocycles. The van der Waals surface area contributed by atoms with Gasteiger partial charge in [0.25, 0.3) is 0 Å². The Balaban J connectivity index is 3.55. The van der Waals surface area contributed by atoms with E-state index in [0.29, 0.717) is 0 Å². The maximum Gasteiger partial charge on any atom is 0.408 e. The molecule has 0 bridgehead atoms. The van der Waals surface area contributed by atoms with E-state index in [1.54, 1.807) is 6.08 Å². The normalized spacial score (nSPS) is 30.3. The zero-order chi connectivity index (χ0) is 16.7. The van der Waals surface area contributed by atoms with Crippen molar-refractivity contribution in [1.82, 2.24) is 4.90 Å². The van der Waals surface area contributed by atoms with Crippen molar-refractivity contribution in [3.63, 3.8) is 0 Å². The van der Waals surface area contributed by atoms with E-state index in [1.165, 1.54) is 0 Å². The molecule has 4 atom stereocenters. The molecule has 1 saturated heterocycles. The molecule has 0 saturated carbocycles. The summed E-state index contributed by atoms with van der Waals surface area (Å²) in [5, 5.41) is 19.1. The Labute approximate surface area is 126 Å². The van der Waals surface area contributed by atoms with Crippen LogP contribution in [0.25, 0.3) is 0 Å². The average Bonchev–Trinajstić information content (AvgIpc) is 2.62. The van der Waals surface area contributed by atoms with Gasteiger partial charge in [-0.25, -0.2) is 9.59 Å². The summed E-state index contributed by atoms with van der Waals surface area (Å²) in [7, 11) is 0. The van der Waals surface area contributed by atoms with Crippen LogP contribution < -0.4 is 0 Å². The monoisotopic (exact) mass is 297 g/mol. The predicted octanol–water partition coefficient (Wildman–Crippen LogP) is 3.31. The van der Waals surface area contributed by atoms with E-state index in [0.717, 1.165) is 4.90 Å². The Hall–Kier alpha value is -1.52. The van der Waals surface area contributed by atoms with E-state index in [-0.39, 0.29) is 22.7 Å². The lowest BCUT2D eigenvalue weighted by molar-refractivity contribution is -0.144. The zero-order valence-corrected chi connectivity index (χ0v) is 13.8. The highest BCUT2D eigenvalue weighted by Gasteiger charge is 2.59. The van der Waals surface area contributed by atoms with Crippen molar-refractivity contribution in [2.24, 2.45) is 22.7 Å². The Morgan fingerprint density at radius 3 is 1.67 bits per heavy atom. The van der Waals surface area contributed by atoms with Gasteiger partial charge in [0.05, 0.1) is 6.04 Å². The van der Waals surface area contributed by atoms with Crippen molar-refractivity contribution in [2.45, 2.75) is 53.6 Å². The minimum atomic E-state index is -1.20. The fourth-order valence-electron chi connectivity index (χ4n) is 3.78. The average molecular weight is 297 g/mol. The van der Waals surface area contributed by atoms with Crippen molar-refractivity contribution in [3.8, 4) is 0 Å². The van der Waals surface area contributed by atoms with Crippen LogP contribution in [0.5, 0.6) is 0 Å². The van der Waals surface area contributed by atoms with Crippen molar-refractivity contribution < 1.29 is 19.8 Å². The van der Waals surface area contributed by atoms with Gasteiger partial charge in [-0.15, -0.1) is 6.58 Å². The smallest absolute Gasteiger partial charge is 0.408 e. The van der Waals surface area contributed by atoms with Crippen molar-refractivity contribution in [3.05, 3.63) is 12.7 Å². The van der Waals surface area contributed by atoms with Crippen LogP contribution in [0.4, 0.5) is 4.79 Å². The molecule has 5 nitrogen and oxygen atoms in total. The summed E-state index contributed by atoms with van der Waals surface area (Å²) in [6.07, 6.45) is 0.374. The summed E-state index contributed by atoms with van der Waals surface area (Å²) in [5.41, 5.74) is -0.554. The van der Waals surface area contributed by atoms with Crippen LogP contribution in [-0.4, -0.2) is 39.3 Å². The minimum Gasteiger partial charge on any atom is -0.480 e. The highest BCUT2D eigenvalue weighted by atomic mass is 16.4. The molecule has 1 aliphatic rings. The first-order chi connectivity index (χ1) is 9.34. The van der Waals surface area contributed by atoms with E-state index >= 15 is 0 Å². The topological polar surface area (TPSA) is 77.8 Å². The first-order valence-corrected chi connectivity index (χ1v) is 7.20. The molecule has 21 heavy (non-hydrogen) atoms. The van der Waals surface area contributed by atoms with Crippen molar-refractivity contribution in [2.75, 3.05) is 0 Å². The Bertz CT molecular complexity index is 444. The SMILES string of the molecule is C=CC1C(C(C)(C)C)C(C(C)(C)C)C(C(=O)O)N1C(=O)O. The highest BCUT2D eigenvalue weighted by molar-refractivity contribution is 5.81. The molecule has 0 aromatic heterocycles. The van der Waals surface area contributed by atoms with Gasteiger partial charge in [0.15, 0.2) is 0 Å². The minimum absolute atomic E-state index is 0.104. The first-order valence-electron chi connectivity index (χ1n) is 7.20. The van der Waals surface area contributed by atoms with Gasteiger partial charge < -0.3 is 10.2 Å². The molecule has 2 N–H and O–H groups in total. The number of likely N-dealkylation sites (tertiary alicyclic amines) is 1. The first kappa shape index (κ1) is 17.5. The largest absolute Gasteiger partial charge is 0.480 e. The molecule has 5 heteroatoms. The third kappa shape index (κ3) is 3.06. The standard InChI is InChI=1S/C16H27NO4/c1-8-9-10(15(2,3)4)11(16(5,6)7)12(13(18)19)17(9)14(20)21/h8-12H,1H2,2-7H3,(H,18,19)(H,20,21). The summed E-state index contributed by atoms with van der Waals surface area (Å²) in [5.74, 6) is -1.47. The molecule has 0 aliphatic carbocycles. The van der Waals surface area contributed by atoms with Crippen LogP contribution in [0.1, 0.15) is 41.5 Å². The van der Waals surface area contributed by atoms with Crippen LogP contribution in [0.2, 0.25) is 0 Å². The lowest BCUT2D eigenvalue weighted by Gasteiger charge is -2.41. The van der Waals surface area contributed by atoms with E-state index in [9.17, 15) is 19.8 Å². The fraction of sp³-hybridized carbons (Fsp3) is 0.750.